The van der Waals surface area contributed by atoms with Gasteiger partial charge >= 0.3 is 0 Å². The third-order valence-electron chi connectivity index (χ3n) is 10.8. The molecule has 2 amide bonds. The summed E-state index contributed by atoms with van der Waals surface area (Å²) in [4.78, 5) is 29.1. The van der Waals surface area contributed by atoms with Gasteiger partial charge in [-0.25, -0.2) is 0 Å². The van der Waals surface area contributed by atoms with Crippen LogP contribution in [0.1, 0.15) is 54.5 Å². The van der Waals surface area contributed by atoms with E-state index >= 15 is 4.11 Å². The number of halogens is 2. The quantitative estimate of drug-likeness (QED) is 0.121. The molecule has 0 aliphatic carbocycles. The van der Waals surface area contributed by atoms with E-state index < -0.39 is 31.6 Å². The third kappa shape index (κ3) is 6.82. The Balaban J connectivity index is 1.12. The molecule has 1 unspecified atom stereocenters. The highest BCUT2D eigenvalue weighted by Gasteiger charge is 2.66. The van der Waals surface area contributed by atoms with Crippen molar-refractivity contribution in [3.05, 3.63) is 106 Å². The molecule has 2 saturated heterocycles. The van der Waals surface area contributed by atoms with Gasteiger partial charge in [0.2, 0.25) is 14.3 Å². The second-order valence-electron chi connectivity index (χ2n) is 14.5. The Morgan fingerprint density at radius 2 is 1.94 bits per heavy atom. The lowest BCUT2D eigenvalue weighted by Gasteiger charge is -2.31. The molecule has 3 aliphatic rings. The zero-order valence-electron chi connectivity index (χ0n) is 29.1. The number of aliphatic hydroxyl groups excluding tert-OH is 1. The van der Waals surface area contributed by atoms with Gasteiger partial charge in [-0.15, -0.1) is 5.10 Å². The van der Waals surface area contributed by atoms with Crippen LogP contribution in [0.3, 0.4) is 0 Å². The normalized spacial score (nSPS) is 25.1. The van der Waals surface area contributed by atoms with Crippen LogP contribution in [0.2, 0.25) is 18.6 Å². The first-order valence-corrected chi connectivity index (χ1v) is 21.4. The second-order valence-corrected chi connectivity index (χ2v) is 19.2. The molecule has 13 heteroatoms. The molecule has 2 fully saturated rings. The number of aryl methyl sites for hydroxylation is 1. The van der Waals surface area contributed by atoms with Crippen molar-refractivity contribution < 1.29 is 23.5 Å². The predicted octanol–water partition coefficient (Wildman–Crippen LogP) is 6.27. The first-order valence-electron chi connectivity index (χ1n) is 17.7. The van der Waals surface area contributed by atoms with E-state index in [0.717, 1.165) is 46.2 Å². The summed E-state index contributed by atoms with van der Waals surface area (Å²) >= 11 is 3.62. The number of aromatic nitrogens is 3. The summed E-state index contributed by atoms with van der Waals surface area (Å²) in [5.41, 5.74) is 2.87. The van der Waals surface area contributed by atoms with Crippen molar-refractivity contribution in [2.75, 3.05) is 23.4 Å². The van der Waals surface area contributed by atoms with E-state index in [1.54, 1.807) is 22.7 Å². The van der Waals surface area contributed by atoms with Crippen molar-refractivity contribution in [2.24, 2.45) is 5.92 Å². The SMILES string of the molecule is C[C@H]1[C@H]([Si](C)(C)F)[C@@H](CCn2cc(C(CO)c3ccccc3)nn2)O[C@]12C(=O)N(Cc1ccc(NC(=O)[C@H]3CCCN3)cc1)c1ccc(Br)cc12. The van der Waals surface area contributed by atoms with Crippen LogP contribution in [0.4, 0.5) is 15.5 Å². The molecule has 7 rings (SSSR count). The predicted molar refractivity (Wildman–Crippen MR) is 199 cm³/mol. The minimum Gasteiger partial charge on any atom is -0.395 e. The van der Waals surface area contributed by atoms with E-state index in [2.05, 4.69) is 36.9 Å². The molecule has 0 saturated carbocycles. The lowest BCUT2D eigenvalue weighted by atomic mass is 9.82. The molecule has 51 heavy (non-hydrogen) atoms. The second kappa shape index (κ2) is 14.3. The summed E-state index contributed by atoms with van der Waals surface area (Å²) in [5.74, 6) is -0.977. The van der Waals surface area contributed by atoms with E-state index in [4.69, 9.17) is 4.74 Å². The van der Waals surface area contributed by atoms with Crippen molar-refractivity contribution in [2.45, 2.75) is 81.6 Å². The van der Waals surface area contributed by atoms with Gasteiger partial charge in [-0.3, -0.25) is 14.3 Å². The largest absolute Gasteiger partial charge is 0.395 e. The van der Waals surface area contributed by atoms with E-state index in [1.807, 2.05) is 85.9 Å². The Hall–Kier alpha value is -3.75. The van der Waals surface area contributed by atoms with E-state index in [1.165, 1.54) is 0 Å². The molecule has 3 aromatic carbocycles. The van der Waals surface area contributed by atoms with E-state index in [9.17, 15) is 14.7 Å². The minimum absolute atomic E-state index is 0.0435. The lowest BCUT2D eigenvalue weighted by molar-refractivity contribution is -0.146. The molecule has 3 aliphatic heterocycles. The molecule has 4 heterocycles. The van der Waals surface area contributed by atoms with Gasteiger partial charge in [-0.1, -0.05) is 70.5 Å². The van der Waals surface area contributed by atoms with Crippen molar-refractivity contribution >= 4 is 47.5 Å². The fourth-order valence-corrected chi connectivity index (χ4v) is 11.3. The zero-order valence-corrected chi connectivity index (χ0v) is 31.6. The first-order chi connectivity index (χ1) is 24.5. The number of ether oxygens (including phenoxy) is 1. The van der Waals surface area contributed by atoms with Gasteiger partial charge in [0.05, 0.1) is 42.6 Å². The number of aliphatic hydroxyl groups is 1. The Kier molecular flexibility index (Phi) is 10.0. The maximum absolute atomic E-state index is 16.4. The fraction of sp³-hybridized carbons (Fsp3) is 0.421. The number of nitrogens with one attached hydrogen (secondary N) is 2. The fourth-order valence-electron chi connectivity index (χ4n) is 8.36. The standard InChI is InChI=1S/C38H44BrFN6O4Si/c1-24-35(51(2,3)40)34(17-19-45-22-32(43-44-45)29(23-47)26-8-5-4-6-9-26)50-38(24)30-20-27(39)13-16-33(30)46(37(38)49)21-25-11-14-28(15-12-25)42-36(48)31-10-7-18-41-31/h4-6,8-9,11-16,20,22,24,29,31,34-35,41,47H,7,10,17-19,21,23H2,1-3H3,(H,42,48)/t24-,29?,31+,34+,35-,38+/m0/s1. The Morgan fingerprint density at radius 3 is 2.63 bits per heavy atom. The van der Waals surface area contributed by atoms with Crippen LogP contribution in [-0.4, -0.2) is 65.6 Å². The van der Waals surface area contributed by atoms with Gasteiger partial charge in [0.25, 0.3) is 5.91 Å². The zero-order chi connectivity index (χ0) is 35.9. The van der Waals surface area contributed by atoms with E-state index in [-0.39, 0.29) is 30.4 Å². The maximum atomic E-state index is 16.4. The van der Waals surface area contributed by atoms with Gasteiger partial charge in [-0.2, -0.15) is 0 Å². The minimum atomic E-state index is -3.36. The summed E-state index contributed by atoms with van der Waals surface area (Å²) in [6.45, 7) is 6.81. The van der Waals surface area contributed by atoms with Crippen molar-refractivity contribution in [1.82, 2.24) is 20.3 Å². The summed E-state index contributed by atoms with van der Waals surface area (Å²) in [5, 5.41) is 25.0. The number of nitrogens with zero attached hydrogens (tertiary/aromatic N) is 4. The molecule has 10 nitrogen and oxygen atoms in total. The van der Waals surface area contributed by atoms with Crippen LogP contribution in [0.25, 0.3) is 0 Å². The average Bonchev–Trinajstić information content (AvgIpc) is 3.91. The monoisotopic (exact) mass is 774 g/mol. The van der Waals surface area contributed by atoms with Crippen LogP contribution in [-0.2, 0) is 33.0 Å². The molecule has 3 N–H and O–H groups in total. The molecule has 6 atom stereocenters. The van der Waals surface area contributed by atoms with Crippen molar-refractivity contribution in [3.8, 4) is 0 Å². The number of hydrogen-bond acceptors (Lipinski definition) is 7. The number of rotatable bonds is 11. The first kappa shape index (κ1) is 35.6. The molecule has 1 spiro atoms. The number of fused-ring (bicyclic) bond motifs is 2. The summed E-state index contributed by atoms with van der Waals surface area (Å²) in [6, 6.07) is 22.8. The van der Waals surface area contributed by atoms with E-state index in [0.29, 0.717) is 30.9 Å². The van der Waals surface area contributed by atoms with Crippen LogP contribution >= 0.6 is 15.9 Å². The highest BCUT2D eigenvalue weighted by atomic mass is 79.9. The number of benzene rings is 3. The number of amides is 2. The topological polar surface area (TPSA) is 122 Å². The van der Waals surface area contributed by atoms with Gasteiger partial charge in [0.15, 0.2) is 5.60 Å². The molecule has 268 valence electrons. The van der Waals surface area contributed by atoms with Crippen molar-refractivity contribution in [1.29, 1.82) is 0 Å². The van der Waals surface area contributed by atoms with Gasteiger partial charge in [0, 0.05) is 39.9 Å². The highest BCUT2D eigenvalue weighted by Crippen LogP contribution is 2.60. The Labute approximate surface area is 307 Å². The molecular formula is C38H44BrFN6O4Si. The van der Waals surface area contributed by atoms with Gasteiger partial charge < -0.3 is 29.5 Å². The molecule has 0 bridgehead atoms. The number of carbonyl (C=O) groups excluding carboxylic acids is 2. The van der Waals surface area contributed by atoms with Crippen LogP contribution in [0, 0.1) is 5.92 Å². The molecular weight excluding hydrogens is 731 g/mol. The molecule has 1 aromatic heterocycles. The summed E-state index contributed by atoms with van der Waals surface area (Å²) < 4.78 is 25.8. The maximum Gasteiger partial charge on any atom is 0.264 e. The van der Waals surface area contributed by atoms with Gasteiger partial charge in [0.1, 0.15) is 0 Å². The molecule has 4 aromatic rings. The molecule has 0 radical (unpaired) electrons. The lowest BCUT2D eigenvalue weighted by Crippen LogP contribution is -2.45. The summed E-state index contributed by atoms with van der Waals surface area (Å²) in [6.07, 6.45) is 3.54. The Morgan fingerprint density at radius 1 is 1.18 bits per heavy atom. The third-order valence-corrected chi connectivity index (χ3v) is 13.8. The summed E-state index contributed by atoms with van der Waals surface area (Å²) in [7, 11) is -3.36. The average molecular weight is 776 g/mol. The number of anilines is 2. The Bertz CT molecular complexity index is 1880. The number of carbonyl (C=O) groups is 2. The van der Waals surface area contributed by atoms with Crippen LogP contribution in [0.5, 0.6) is 0 Å². The smallest absolute Gasteiger partial charge is 0.264 e. The highest BCUT2D eigenvalue weighted by molar-refractivity contribution is 9.10. The van der Waals surface area contributed by atoms with Crippen molar-refractivity contribution in [3.63, 3.8) is 0 Å². The number of hydrogen-bond donors (Lipinski definition) is 3. The van der Waals surface area contributed by atoms with Crippen LogP contribution < -0.4 is 15.5 Å². The van der Waals surface area contributed by atoms with Crippen LogP contribution in [0.15, 0.2) is 83.5 Å². The van der Waals surface area contributed by atoms with Gasteiger partial charge in [-0.05, 0) is 80.4 Å².